The highest BCUT2D eigenvalue weighted by molar-refractivity contribution is 5.78. The molecule has 1 amide bonds. The maximum absolute atomic E-state index is 13.6. The van der Waals surface area contributed by atoms with Crippen LogP contribution >= 0.6 is 0 Å². The van der Waals surface area contributed by atoms with Gasteiger partial charge >= 0.3 is 0 Å². The minimum atomic E-state index is -0.463. The Hall–Kier alpha value is -2.89. The third kappa shape index (κ3) is 3.33. The molecule has 1 fully saturated rings. The molecule has 3 aromatic rings. The molecule has 25 heavy (non-hydrogen) atoms. The minimum absolute atomic E-state index is 0.0985. The number of halogens is 1. The van der Waals surface area contributed by atoms with Crippen LogP contribution in [0.15, 0.2) is 54.9 Å². The molecule has 0 bridgehead atoms. The number of hydrogen-bond acceptors (Lipinski definition) is 3. The zero-order valence-electron chi connectivity index (χ0n) is 13.6. The molecule has 1 aromatic carbocycles. The fourth-order valence-corrected chi connectivity index (χ4v) is 2.87. The second-order valence-corrected chi connectivity index (χ2v) is 6.15. The summed E-state index contributed by atoms with van der Waals surface area (Å²) < 4.78 is 21.0. The number of imidazole rings is 1. The topological polar surface area (TPSA) is 46.8 Å². The first-order valence-corrected chi connectivity index (χ1v) is 8.30. The number of carbonyl (C=O) groups excluding carboxylic acids is 1. The predicted molar refractivity (Wildman–Crippen MR) is 90.7 cm³/mol. The van der Waals surface area contributed by atoms with E-state index < -0.39 is 5.82 Å². The van der Waals surface area contributed by atoms with E-state index in [1.807, 2.05) is 28.8 Å². The molecule has 0 radical (unpaired) electrons. The van der Waals surface area contributed by atoms with Gasteiger partial charge in [0.15, 0.2) is 18.2 Å². The molecule has 6 heteroatoms. The average Bonchev–Trinajstić information content (AvgIpc) is 3.39. The highest BCUT2D eigenvalue weighted by Gasteiger charge is 2.33. The zero-order valence-corrected chi connectivity index (χ0v) is 13.6. The highest BCUT2D eigenvalue weighted by Crippen LogP contribution is 2.29. The monoisotopic (exact) mass is 339 g/mol. The number of para-hydroxylation sites is 1. The lowest BCUT2D eigenvalue weighted by atomic mass is 10.3. The van der Waals surface area contributed by atoms with Crippen molar-refractivity contribution in [1.29, 1.82) is 0 Å². The highest BCUT2D eigenvalue weighted by atomic mass is 19.1. The van der Waals surface area contributed by atoms with Crippen molar-refractivity contribution in [2.75, 3.05) is 6.61 Å². The number of aromatic nitrogens is 2. The molecule has 2 aromatic heterocycles. The quantitative estimate of drug-likeness (QED) is 0.693. The normalized spacial score (nSPS) is 13.8. The predicted octanol–water partition coefficient (Wildman–Crippen LogP) is 3.04. The van der Waals surface area contributed by atoms with Crippen molar-refractivity contribution in [3.8, 4) is 5.75 Å². The number of nitrogens with zero attached hydrogens (tertiary/aromatic N) is 3. The van der Waals surface area contributed by atoms with Gasteiger partial charge in [-0.25, -0.2) is 9.37 Å². The van der Waals surface area contributed by atoms with Crippen LogP contribution in [0.3, 0.4) is 0 Å². The number of pyridine rings is 1. The third-order valence-corrected chi connectivity index (χ3v) is 4.32. The first kappa shape index (κ1) is 15.6. The van der Waals surface area contributed by atoms with E-state index in [9.17, 15) is 9.18 Å². The van der Waals surface area contributed by atoms with Crippen LogP contribution in [0.2, 0.25) is 0 Å². The number of ether oxygens (including phenoxy) is 1. The van der Waals surface area contributed by atoms with Crippen LogP contribution in [0.1, 0.15) is 18.5 Å². The van der Waals surface area contributed by atoms with E-state index >= 15 is 0 Å². The number of benzene rings is 1. The van der Waals surface area contributed by atoms with E-state index in [-0.39, 0.29) is 24.3 Å². The van der Waals surface area contributed by atoms with E-state index in [4.69, 9.17) is 4.74 Å². The largest absolute Gasteiger partial charge is 0.481 e. The van der Waals surface area contributed by atoms with Crippen molar-refractivity contribution >= 4 is 11.6 Å². The Kier molecular flexibility index (Phi) is 4.09. The fourth-order valence-electron chi connectivity index (χ4n) is 2.87. The summed E-state index contributed by atoms with van der Waals surface area (Å²) in [6.45, 7) is 0.295. The second-order valence-electron chi connectivity index (χ2n) is 6.15. The molecule has 0 saturated heterocycles. The molecule has 0 N–H and O–H groups in total. The molecule has 1 aliphatic rings. The van der Waals surface area contributed by atoms with Gasteiger partial charge in [-0.3, -0.25) is 4.79 Å². The molecule has 128 valence electrons. The summed E-state index contributed by atoms with van der Waals surface area (Å²) in [6.07, 6.45) is 5.70. The number of fused-ring (bicyclic) bond motifs is 1. The fraction of sp³-hybridized carbons (Fsp3) is 0.263. The second kappa shape index (κ2) is 6.55. The lowest BCUT2D eigenvalue weighted by molar-refractivity contribution is -0.134. The van der Waals surface area contributed by atoms with Gasteiger partial charge in [0.2, 0.25) is 0 Å². The smallest absolute Gasteiger partial charge is 0.261 e. The van der Waals surface area contributed by atoms with Crippen LogP contribution in [-0.2, 0) is 11.3 Å². The molecular formula is C19H18FN3O2. The Bertz CT molecular complexity index is 904. The van der Waals surface area contributed by atoms with Crippen molar-refractivity contribution in [2.24, 2.45) is 0 Å². The summed E-state index contributed by atoms with van der Waals surface area (Å²) in [4.78, 5) is 18.8. The van der Waals surface area contributed by atoms with Crippen LogP contribution in [0, 0.1) is 5.82 Å². The molecule has 1 aliphatic carbocycles. The first-order valence-electron chi connectivity index (χ1n) is 8.30. The van der Waals surface area contributed by atoms with Crippen molar-refractivity contribution in [1.82, 2.24) is 14.3 Å². The standard InChI is InChI=1S/C19H18FN3O2/c20-16-5-1-2-6-17(16)25-13-19(24)23(14-8-9-14)12-15-11-21-18-7-3-4-10-22(15)18/h1-7,10-11,14H,8-9,12-13H2. The molecule has 2 heterocycles. The number of carbonyl (C=O) groups is 1. The maximum atomic E-state index is 13.6. The number of rotatable bonds is 6. The van der Waals surface area contributed by atoms with Crippen LogP contribution in [0.5, 0.6) is 5.75 Å². The van der Waals surface area contributed by atoms with Gasteiger partial charge in [-0.2, -0.15) is 0 Å². The van der Waals surface area contributed by atoms with Crippen molar-refractivity contribution in [3.63, 3.8) is 0 Å². The van der Waals surface area contributed by atoms with Gasteiger partial charge in [0, 0.05) is 12.2 Å². The molecule has 0 unspecified atom stereocenters. The third-order valence-electron chi connectivity index (χ3n) is 4.32. The molecule has 0 atom stereocenters. The summed E-state index contributed by atoms with van der Waals surface area (Å²) in [5.74, 6) is -0.506. The molecule has 4 rings (SSSR count). The Morgan fingerprint density at radius 3 is 2.84 bits per heavy atom. The summed E-state index contributed by atoms with van der Waals surface area (Å²) >= 11 is 0. The number of hydrogen-bond donors (Lipinski definition) is 0. The van der Waals surface area contributed by atoms with Crippen LogP contribution < -0.4 is 4.74 Å². The molecular weight excluding hydrogens is 321 g/mol. The van der Waals surface area contributed by atoms with E-state index in [0.29, 0.717) is 6.54 Å². The van der Waals surface area contributed by atoms with Crippen molar-refractivity contribution in [2.45, 2.75) is 25.4 Å². The van der Waals surface area contributed by atoms with Gasteiger partial charge < -0.3 is 14.0 Å². The van der Waals surface area contributed by atoms with Gasteiger partial charge in [0.25, 0.3) is 5.91 Å². The van der Waals surface area contributed by atoms with E-state index in [0.717, 1.165) is 24.2 Å². The van der Waals surface area contributed by atoms with E-state index in [1.54, 1.807) is 23.2 Å². The van der Waals surface area contributed by atoms with Gasteiger partial charge in [0.05, 0.1) is 18.4 Å². The minimum Gasteiger partial charge on any atom is -0.481 e. The van der Waals surface area contributed by atoms with Crippen molar-refractivity contribution < 1.29 is 13.9 Å². The summed E-state index contributed by atoms with van der Waals surface area (Å²) in [7, 11) is 0. The Morgan fingerprint density at radius 1 is 1.24 bits per heavy atom. The van der Waals surface area contributed by atoms with Crippen molar-refractivity contribution in [3.05, 3.63) is 66.4 Å². The zero-order chi connectivity index (χ0) is 17.2. The van der Waals surface area contributed by atoms with E-state index in [2.05, 4.69) is 4.98 Å². The van der Waals surface area contributed by atoms with Gasteiger partial charge in [-0.05, 0) is 37.1 Å². The van der Waals surface area contributed by atoms with Crippen LogP contribution in [0.4, 0.5) is 4.39 Å². The molecule has 0 spiro atoms. The summed E-state index contributed by atoms with van der Waals surface area (Å²) in [5.41, 5.74) is 1.80. The Labute approximate surface area is 144 Å². The molecule has 5 nitrogen and oxygen atoms in total. The van der Waals surface area contributed by atoms with Gasteiger partial charge in [0.1, 0.15) is 5.65 Å². The average molecular weight is 339 g/mol. The first-order chi connectivity index (χ1) is 12.2. The molecule has 1 saturated carbocycles. The van der Waals surface area contributed by atoms with E-state index in [1.165, 1.54) is 12.1 Å². The lowest BCUT2D eigenvalue weighted by Crippen LogP contribution is -2.36. The summed E-state index contributed by atoms with van der Waals surface area (Å²) in [5, 5.41) is 0. The SMILES string of the molecule is O=C(COc1ccccc1F)N(Cc1cnc2ccccn12)C1CC1. The molecule has 0 aliphatic heterocycles. The number of amides is 1. The Balaban J connectivity index is 1.47. The Morgan fingerprint density at radius 2 is 2.04 bits per heavy atom. The van der Waals surface area contributed by atoms with Gasteiger partial charge in [-0.15, -0.1) is 0 Å². The lowest BCUT2D eigenvalue weighted by Gasteiger charge is -2.22. The van der Waals surface area contributed by atoms with Gasteiger partial charge in [-0.1, -0.05) is 18.2 Å². The summed E-state index contributed by atoms with van der Waals surface area (Å²) in [6, 6.07) is 12.1. The van der Waals surface area contributed by atoms with Crippen LogP contribution in [-0.4, -0.2) is 32.8 Å². The maximum Gasteiger partial charge on any atom is 0.261 e. The van der Waals surface area contributed by atoms with Crippen LogP contribution in [0.25, 0.3) is 5.65 Å².